The first-order valence-corrected chi connectivity index (χ1v) is 16.4. The minimum Gasteiger partial charge on any atom is -0.480 e. The third-order valence-electron chi connectivity index (χ3n) is 8.18. The predicted octanol–water partition coefficient (Wildman–Crippen LogP) is 0.340. The molecule has 0 bridgehead atoms. The number of hydrogen-bond acceptors (Lipinski definition) is 11. The fourth-order valence-corrected chi connectivity index (χ4v) is 6.31. The number of aromatic nitrogens is 1. The maximum absolute atomic E-state index is 13.1. The van der Waals surface area contributed by atoms with Crippen molar-refractivity contribution in [3.8, 4) is 0 Å². The Labute approximate surface area is 276 Å². The molecule has 0 saturated carbocycles. The van der Waals surface area contributed by atoms with Crippen molar-refractivity contribution in [1.29, 1.82) is 0 Å². The van der Waals surface area contributed by atoms with Gasteiger partial charge in [-0.2, -0.15) is 0 Å². The summed E-state index contributed by atoms with van der Waals surface area (Å²) in [5.41, 5.74) is 0.719. The van der Waals surface area contributed by atoms with Crippen molar-refractivity contribution in [2.75, 3.05) is 72.5 Å². The fraction of sp³-hybridized carbons (Fsp3) is 0.500. The van der Waals surface area contributed by atoms with Gasteiger partial charge in [0.25, 0.3) is 0 Å². The Morgan fingerprint density at radius 2 is 1.28 bits per heavy atom. The van der Waals surface area contributed by atoms with E-state index in [9.17, 15) is 34.2 Å². The Bertz CT molecular complexity index is 1600. The monoisotopic (exact) mass is 669 g/mol. The smallest absolute Gasteiger partial charge is 0.325 e. The van der Waals surface area contributed by atoms with Crippen molar-refractivity contribution in [3.05, 3.63) is 52.3 Å². The number of benzene rings is 1. The average molecular weight is 670 g/mol. The third-order valence-corrected chi connectivity index (χ3v) is 9.26. The van der Waals surface area contributed by atoms with Crippen LogP contribution in [-0.4, -0.2) is 143 Å². The van der Waals surface area contributed by atoms with E-state index in [1.807, 2.05) is 53.2 Å². The summed E-state index contributed by atoms with van der Waals surface area (Å²) >= 11 is 1.47. The molecule has 0 spiro atoms. The van der Waals surface area contributed by atoms with Crippen LogP contribution in [0.25, 0.3) is 20.3 Å². The lowest BCUT2D eigenvalue weighted by molar-refractivity contribution is -0.141. The van der Waals surface area contributed by atoms with Gasteiger partial charge in [-0.3, -0.25) is 38.7 Å². The van der Waals surface area contributed by atoms with E-state index in [0.717, 1.165) is 10.4 Å². The van der Waals surface area contributed by atoms with E-state index in [1.165, 1.54) is 25.2 Å². The van der Waals surface area contributed by atoms with Crippen LogP contribution in [0.15, 0.2) is 41.2 Å². The van der Waals surface area contributed by atoms with Crippen molar-refractivity contribution in [2.45, 2.75) is 32.5 Å². The van der Waals surface area contributed by atoms with Gasteiger partial charge in [-0.25, -0.2) is 4.98 Å². The number of nitrogens with zero attached hydrogens (tertiary/aromatic N) is 5. The van der Waals surface area contributed by atoms with Gasteiger partial charge in [0.1, 0.15) is 16.9 Å². The highest BCUT2D eigenvalue weighted by molar-refractivity contribution is 7.24. The number of carboxylic acids is 2. The molecule has 0 unspecified atom stereocenters. The summed E-state index contributed by atoms with van der Waals surface area (Å²) in [6.07, 6.45) is 0. The molecule has 3 heterocycles. The van der Waals surface area contributed by atoms with Crippen LogP contribution in [0.3, 0.4) is 0 Å². The molecule has 2 atom stereocenters. The fourth-order valence-electron chi connectivity index (χ4n) is 5.25. The number of hydrogen-bond donors (Lipinski definition) is 4. The van der Waals surface area contributed by atoms with Crippen LogP contribution in [0, 0.1) is 0 Å². The van der Waals surface area contributed by atoms with Crippen LogP contribution in [0.5, 0.6) is 0 Å². The van der Waals surface area contributed by atoms with Crippen LogP contribution in [-0.2, 0) is 25.7 Å². The van der Waals surface area contributed by atoms with Crippen molar-refractivity contribution < 1.29 is 29.4 Å². The van der Waals surface area contributed by atoms with Crippen molar-refractivity contribution >= 4 is 55.4 Å². The number of carbonyl (C=O) groups excluding carboxylic acids is 2. The Morgan fingerprint density at radius 1 is 0.766 bits per heavy atom. The summed E-state index contributed by atoms with van der Waals surface area (Å²) in [5, 5.41) is 24.7. The predicted molar refractivity (Wildman–Crippen MR) is 180 cm³/mol. The quantitative estimate of drug-likeness (QED) is 0.218. The van der Waals surface area contributed by atoms with E-state index in [2.05, 4.69) is 20.4 Å². The maximum Gasteiger partial charge on any atom is 0.325 e. The van der Waals surface area contributed by atoms with E-state index >= 15 is 0 Å². The van der Waals surface area contributed by atoms with Gasteiger partial charge in [0.05, 0.1) is 24.2 Å². The molecule has 4 rings (SSSR count). The number of fused-ring (bicyclic) bond motifs is 2. The zero-order chi connectivity index (χ0) is 34.1. The largest absolute Gasteiger partial charge is 0.480 e. The summed E-state index contributed by atoms with van der Waals surface area (Å²) < 4.78 is 0.864. The van der Waals surface area contributed by atoms with E-state index in [1.54, 1.807) is 0 Å². The highest BCUT2D eigenvalue weighted by Crippen LogP contribution is 2.23. The molecule has 15 heteroatoms. The number of aliphatic carboxylic acids is 2. The second-order valence-electron chi connectivity index (χ2n) is 12.0. The van der Waals surface area contributed by atoms with E-state index in [0.29, 0.717) is 74.5 Å². The lowest BCUT2D eigenvalue weighted by Crippen LogP contribution is -2.50. The van der Waals surface area contributed by atoms with Crippen molar-refractivity contribution in [1.82, 2.24) is 35.2 Å². The van der Waals surface area contributed by atoms with Gasteiger partial charge in [-0.05, 0) is 45.2 Å². The van der Waals surface area contributed by atoms with Crippen LogP contribution in [0.1, 0.15) is 19.5 Å². The molecule has 1 fully saturated rings. The van der Waals surface area contributed by atoms with Crippen molar-refractivity contribution in [3.63, 3.8) is 0 Å². The highest BCUT2D eigenvalue weighted by atomic mass is 32.1. The summed E-state index contributed by atoms with van der Waals surface area (Å²) in [5.74, 6) is -2.94. The molecule has 254 valence electrons. The molecule has 3 aromatic rings. The Morgan fingerprint density at radius 3 is 1.83 bits per heavy atom. The lowest BCUT2D eigenvalue weighted by atomic mass is 10.2. The third kappa shape index (κ3) is 10.5. The molecule has 2 amide bonds. The number of carbonyl (C=O) groups is 4. The van der Waals surface area contributed by atoms with Gasteiger partial charge >= 0.3 is 11.9 Å². The standard InChI is InChI=1S/C32H43N7O7S/c1-21(31(43)44)33-27(40)19-38-12-10-36(3)11-13-39(20-28(41)34-22(2)32(45)46)17-15-37(14-16-38)18-23-8-9-25-29(42)24-6-4-5-7-26(24)47-30(25)35-23/h4-9,21-22H,10-20H2,1-3H3,(H,33,40)(H,34,41)(H,43,44)(H,45,46)/t21-,22-/m1/s1. The molecule has 4 N–H and O–H groups in total. The molecule has 1 saturated heterocycles. The van der Waals surface area contributed by atoms with Crippen LogP contribution in [0.2, 0.25) is 0 Å². The molecule has 0 aliphatic carbocycles. The zero-order valence-electron chi connectivity index (χ0n) is 27.0. The second-order valence-corrected chi connectivity index (χ2v) is 13.0. The minimum absolute atomic E-state index is 0.0443. The molecule has 1 aromatic carbocycles. The summed E-state index contributed by atoms with van der Waals surface area (Å²) in [6.45, 7) is 7.93. The number of rotatable bonds is 10. The van der Waals surface area contributed by atoms with E-state index < -0.39 is 24.0 Å². The molecule has 2 aromatic heterocycles. The normalized spacial score (nSPS) is 17.8. The SMILES string of the molecule is C[C@@H](NC(=O)CN1CCN(C)CCN(CC(=O)N[C@H](C)C(=O)O)CCN(Cc2ccc3c(=O)c4ccccc4sc3n2)CC1)C(=O)O. The molecular formula is C32H43N7O7S. The number of pyridine rings is 1. The average Bonchev–Trinajstić information content (AvgIpc) is 3.02. The number of amides is 2. The summed E-state index contributed by atoms with van der Waals surface area (Å²) in [7, 11) is 1.95. The van der Waals surface area contributed by atoms with Gasteiger partial charge in [-0.15, -0.1) is 11.3 Å². The van der Waals surface area contributed by atoms with Gasteiger partial charge in [0.15, 0.2) is 5.43 Å². The molecule has 14 nitrogen and oxygen atoms in total. The number of nitrogens with one attached hydrogen (secondary N) is 2. The van der Waals surface area contributed by atoms with E-state index in [-0.39, 0.29) is 30.3 Å². The highest BCUT2D eigenvalue weighted by Gasteiger charge is 2.22. The summed E-state index contributed by atoms with van der Waals surface area (Å²) in [6, 6.07) is 9.14. The van der Waals surface area contributed by atoms with Gasteiger partial charge in [0, 0.05) is 69.0 Å². The minimum atomic E-state index is -1.10. The second kappa shape index (κ2) is 16.7. The molecule has 1 aliphatic heterocycles. The van der Waals surface area contributed by atoms with E-state index in [4.69, 9.17) is 4.98 Å². The Balaban J connectivity index is 1.54. The first-order chi connectivity index (χ1) is 22.4. The number of carboxylic acid groups (broad SMARTS) is 2. The van der Waals surface area contributed by atoms with Crippen LogP contribution in [0.4, 0.5) is 0 Å². The molecule has 1 aliphatic rings. The first-order valence-electron chi connectivity index (χ1n) is 15.6. The molecule has 0 radical (unpaired) electrons. The van der Waals surface area contributed by atoms with Crippen LogP contribution >= 0.6 is 11.3 Å². The van der Waals surface area contributed by atoms with Gasteiger partial charge < -0.3 is 25.7 Å². The van der Waals surface area contributed by atoms with Crippen molar-refractivity contribution in [2.24, 2.45) is 0 Å². The first kappa shape index (κ1) is 35.8. The zero-order valence-corrected chi connectivity index (χ0v) is 27.8. The van der Waals surface area contributed by atoms with Crippen LogP contribution < -0.4 is 16.1 Å². The van der Waals surface area contributed by atoms with Gasteiger partial charge in [-0.1, -0.05) is 12.1 Å². The van der Waals surface area contributed by atoms with Gasteiger partial charge in [0.2, 0.25) is 11.8 Å². The Kier molecular flexibility index (Phi) is 12.7. The molecular weight excluding hydrogens is 626 g/mol. The topological polar surface area (TPSA) is 176 Å². The summed E-state index contributed by atoms with van der Waals surface area (Å²) in [4.78, 5) is 74.8. The maximum atomic E-state index is 13.1. The lowest BCUT2D eigenvalue weighted by Gasteiger charge is -2.33. The molecule has 47 heavy (non-hydrogen) atoms. The number of likely N-dealkylation sites (N-methyl/N-ethyl adjacent to an activating group) is 1. The Hall–Kier alpha value is -4.02.